The van der Waals surface area contributed by atoms with Crippen LogP contribution in [0.1, 0.15) is 72.1 Å². The predicted molar refractivity (Wildman–Crippen MR) is 110 cm³/mol. The summed E-state index contributed by atoms with van der Waals surface area (Å²) >= 11 is 1.78. The third-order valence-corrected chi connectivity index (χ3v) is 6.32. The van der Waals surface area contributed by atoms with Gasteiger partial charge in [-0.1, -0.05) is 20.8 Å². The Morgan fingerprint density at radius 1 is 1.19 bits per heavy atom. The van der Waals surface area contributed by atoms with Crippen LogP contribution in [0.3, 0.4) is 0 Å². The van der Waals surface area contributed by atoms with Crippen molar-refractivity contribution in [2.75, 3.05) is 5.32 Å². The fourth-order valence-electron chi connectivity index (χ4n) is 4.50. The Labute approximate surface area is 166 Å². The topological polar surface area (TPSA) is 76.0 Å². The summed E-state index contributed by atoms with van der Waals surface area (Å²) in [6, 6.07) is 0.0517. The van der Waals surface area contributed by atoms with Gasteiger partial charge in [0.1, 0.15) is 5.82 Å². The normalized spacial score (nSPS) is 24.4. The molecule has 2 N–H and O–H groups in total. The maximum atomic E-state index is 12.6. The quantitative estimate of drug-likeness (QED) is 0.753. The number of amides is 2. The third-order valence-electron chi connectivity index (χ3n) is 5.35. The summed E-state index contributed by atoms with van der Waals surface area (Å²) in [5.74, 6) is 1.73. The van der Waals surface area contributed by atoms with Crippen molar-refractivity contribution in [3.63, 3.8) is 0 Å². The van der Waals surface area contributed by atoms with Crippen LogP contribution in [0, 0.1) is 11.3 Å². The fraction of sp³-hybridized carbons (Fsp3) is 0.750. The second kappa shape index (κ2) is 7.15. The molecule has 0 unspecified atom stereocenters. The van der Waals surface area contributed by atoms with Crippen LogP contribution in [0.5, 0.6) is 0 Å². The van der Waals surface area contributed by atoms with Gasteiger partial charge in [-0.25, -0.2) is 4.68 Å². The molecule has 1 saturated carbocycles. The number of aromatic nitrogens is 2. The van der Waals surface area contributed by atoms with E-state index < -0.39 is 11.8 Å². The Balaban J connectivity index is 1.72. The summed E-state index contributed by atoms with van der Waals surface area (Å²) in [5.41, 5.74) is 1.98. The number of rotatable bonds is 2. The zero-order valence-electron chi connectivity index (χ0n) is 17.3. The molecule has 7 heteroatoms. The third kappa shape index (κ3) is 4.50. The molecule has 0 aromatic carbocycles. The van der Waals surface area contributed by atoms with Gasteiger partial charge >= 0.3 is 11.8 Å². The highest BCUT2D eigenvalue weighted by Crippen LogP contribution is 2.39. The first-order valence-corrected chi connectivity index (χ1v) is 10.9. The van der Waals surface area contributed by atoms with Gasteiger partial charge < -0.3 is 10.6 Å². The van der Waals surface area contributed by atoms with Gasteiger partial charge in [-0.2, -0.15) is 16.9 Å². The molecule has 0 radical (unpaired) electrons. The van der Waals surface area contributed by atoms with Crippen molar-refractivity contribution in [3.8, 4) is 0 Å². The number of nitrogens with zero attached hydrogens (tertiary/aromatic N) is 2. The molecule has 2 heterocycles. The lowest BCUT2D eigenvalue weighted by atomic mass is 9.70. The van der Waals surface area contributed by atoms with E-state index in [0.29, 0.717) is 11.7 Å². The number of carbonyl (C=O) groups is 2. The predicted octanol–water partition coefficient (Wildman–Crippen LogP) is 3.65. The molecule has 1 fully saturated rings. The van der Waals surface area contributed by atoms with Crippen molar-refractivity contribution in [1.82, 2.24) is 15.1 Å². The number of hydrogen-bond acceptors (Lipinski definition) is 4. The van der Waals surface area contributed by atoms with Gasteiger partial charge in [0.2, 0.25) is 0 Å². The summed E-state index contributed by atoms with van der Waals surface area (Å²) in [4.78, 5) is 25.2. The van der Waals surface area contributed by atoms with Gasteiger partial charge in [0.15, 0.2) is 0 Å². The van der Waals surface area contributed by atoms with Gasteiger partial charge in [0, 0.05) is 23.1 Å². The summed E-state index contributed by atoms with van der Waals surface area (Å²) in [6.07, 6.45) is 2.98. The number of hydrogen-bond donors (Lipinski definition) is 2. The SMILES string of the molecule is C[C@@H]1C[C@@H](NC(=O)C(=O)Nc2c3c(nn2C(C)(C)C)CSC3)CC(C)(C)C1. The van der Waals surface area contributed by atoms with Crippen molar-refractivity contribution in [3.05, 3.63) is 11.3 Å². The van der Waals surface area contributed by atoms with Crippen molar-refractivity contribution in [2.45, 2.75) is 83.9 Å². The maximum absolute atomic E-state index is 12.6. The number of fused-ring (bicyclic) bond motifs is 1. The lowest BCUT2D eigenvalue weighted by Gasteiger charge is -2.39. The molecular weight excluding hydrogens is 360 g/mol. The van der Waals surface area contributed by atoms with Crippen LogP contribution in [0.2, 0.25) is 0 Å². The monoisotopic (exact) mass is 392 g/mol. The average molecular weight is 393 g/mol. The summed E-state index contributed by atoms with van der Waals surface area (Å²) < 4.78 is 1.84. The van der Waals surface area contributed by atoms with Crippen LogP contribution >= 0.6 is 11.8 Å². The van der Waals surface area contributed by atoms with E-state index in [2.05, 4.69) is 36.5 Å². The van der Waals surface area contributed by atoms with E-state index in [0.717, 1.165) is 42.0 Å². The van der Waals surface area contributed by atoms with E-state index >= 15 is 0 Å². The average Bonchev–Trinajstić information content (AvgIpc) is 3.06. The van der Waals surface area contributed by atoms with E-state index in [1.54, 1.807) is 11.8 Å². The number of nitrogens with one attached hydrogen (secondary N) is 2. The van der Waals surface area contributed by atoms with Gasteiger partial charge in [-0.15, -0.1) is 0 Å². The fourth-order valence-corrected chi connectivity index (χ4v) is 5.53. The second-order valence-corrected chi connectivity index (χ2v) is 10.9. The van der Waals surface area contributed by atoms with Gasteiger partial charge in [-0.05, 0) is 51.4 Å². The van der Waals surface area contributed by atoms with Crippen LogP contribution in [-0.4, -0.2) is 27.6 Å². The Bertz CT molecular complexity index is 748. The van der Waals surface area contributed by atoms with Crippen molar-refractivity contribution in [2.24, 2.45) is 11.3 Å². The molecule has 150 valence electrons. The number of anilines is 1. The van der Waals surface area contributed by atoms with E-state index in [-0.39, 0.29) is 17.0 Å². The molecule has 1 aromatic rings. The van der Waals surface area contributed by atoms with E-state index in [4.69, 9.17) is 0 Å². The molecule has 6 nitrogen and oxygen atoms in total. The highest BCUT2D eigenvalue weighted by atomic mass is 32.2. The van der Waals surface area contributed by atoms with Crippen molar-refractivity contribution in [1.29, 1.82) is 0 Å². The first kappa shape index (κ1) is 20.2. The molecule has 1 aliphatic heterocycles. The first-order valence-electron chi connectivity index (χ1n) is 9.77. The van der Waals surface area contributed by atoms with Gasteiger partial charge in [0.05, 0.1) is 11.2 Å². The van der Waals surface area contributed by atoms with Crippen LogP contribution in [0.25, 0.3) is 0 Å². The molecule has 3 rings (SSSR count). The highest BCUT2D eigenvalue weighted by Gasteiger charge is 2.34. The minimum absolute atomic E-state index is 0.0517. The molecule has 0 bridgehead atoms. The minimum atomic E-state index is -0.601. The Hall–Kier alpha value is -1.50. The van der Waals surface area contributed by atoms with Crippen LogP contribution in [0.15, 0.2) is 0 Å². The van der Waals surface area contributed by atoms with Crippen LogP contribution < -0.4 is 10.6 Å². The van der Waals surface area contributed by atoms with Crippen molar-refractivity contribution < 1.29 is 9.59 Å². The largest absolute Gasteiger partial charge is 0.345 e. The summed E-state index contributed by atoms with van der Waals surface area (Å²) in [5, 5.41) is 10.5. The van der Waals surface area contributed by atoms with Crippen LogP contribution in [-0.2, 0) is 26.6 Å². The second-order valence-electron chi connectivity index (χ2n) is 9.89. The standard InChI is InChI=1S/C20H32N4O2S/c1-12-7-13(9-20(5,6)8-12)21-17(25)18(26)22-16-14-10-27-11-15(14)23-24(16)19(2,3)4/h12-13H,7-11H2,1-6H3,(H,21,25)(H,22,26)/t12-,13-/m1/s1. The Kier molecular flexibility index (Phi) is 5.36. The van der Waals surface area contributed by atoms with E-state index in [9.17, 15) is 9.59 Å². The molecule has 2 amide bonds. The molecule has 2 atom stereocenters. The van der Waals surface area contributed by atoms with Gasteiger partial charge in [0.25, 0.3) is 0 Å². The number of carbonyl (C=O) groups excluding carboxylic acids is 2. The first-order chi connectivity index (χ1) is 12.5. The minimum Gasteiger partial charge on any atom is -0.345 e. The molecule has 0 saturated heterocycles. The molecule has 0 spiro atoms. The molecule has 1 aliphatic carbocycles. The van der Waals surface area contributed by atoms with Gasteiger partial charge in [-0.3, -0.25) is 9.59 Å². The van der Waals surface area contributed by atoms with Crippen LogP contribution in [0.4, 0.5) is 5.82 Å². The summed E-state index contributed by atoms with van der Waals surface area (Å²) in [7, 11) is 0. The Morgan fingerprint density at radius 3 is 2.52 bits per heavy atom. The van der Waals surface area contributed by atoms with E-state index in [1.165, 1.54) is 0 Å². The smallest absolute Gasteiger partial charge is 0.314 e. The van der Waals surface area contributed by atoms with Crippen molar-refractivity contribution >= 4 is 29.4 Å². The maximum Gasteiger partial charge on any atom is 0.314 e. The highest BCUT2D eigenvalue weighted by molar-refractivity contribution is 7.98. The lowest BCUT2D eigenvalue weighted by Crippen LogP contribution is -2.47. The summed E-state index contributed by atoms with van der Waals surface area (Å²) in [6.45, 7) is 12.8. The Morgan fingerprint density at radius 2 is 1.89 bits per heavy atom. The molecule has 2 aliphatic rings. The molecule has 1 aromatic heterocycles. The number of thioether (sulfide) groups is 1. The van der Waals surface area contributed by atoms with E-state index in [1.807, 2.05) is 25.5 Å². The molecular formula is C20H32N4O2S. The zero-order chi connectivity index (χ0) is 20.0. The zero-order valence-corrected chi connectivity index (χ0v) is 18.1. The molecule has 27 heavy (non-hydrogen) atoms. The lowest BCUT2D eigenvalue weighted by molar-refractivity contribution is -0.137.